The molecule has 3 rings (SSSR count). The predicted octanol–water partition coefficient (Wildman–Crippen LogP) is 3.05. The second-order valence-corrected chi connectivity index (χ2v) is 6.99. The molecule has 1 fully saturated rings. The molecule has 3 N–H and O–H groups in total. The highest BCUT2D eigenvalue weighted by Crippen LogP contribution is 2.24. The summed E-state index contributed by atoms with van der Waals surface area (Å²) >= 11 is 1.50. The van der Waals surface area contributed by atoms with Crippen molar-refractivity contribution in [3.8, 4) is 0 Å². The van der Waals surface area contributed by atoms with Gasteiger partial charge in [-0.25, -0.2) is 4.98 Å². The van der Waals surface area contributed by atoms with E-state index in [1.165, 1.54) is 29.7 Å². The molecule has 1 atom stereocenters. The van der Waals surface area contributed by atoms with Crippen molar-refractivity contribution in [3.05, 3.63) is 52.0 Å². The van der Waals surface area contributed by atoms with E-state index in [4.69, 9.17) is 5.73 Å². The number of hydrogen-bond acceptors (Lipinski definition) is 5. The number of amides is 1. The highest BCUT2D eigenvalue weighted by atomic mass is 35.5. The average Bonchev–Trinajstić information content (AvgIpc) is 3.28. The molecule has 0 aliphatic carbocycles. The number of halogens is 2. The Bertz CT molecular complexity index is 662. The Hall–Kier alpha value is -1.18. The van der Waals surface area contributed by atoms with Crippen LogP contribution in [0.4, 0.5) is 0 Å². The van der Waals surface area contributed by atoms with Gasteiger partial charge in [-0.05, 0) is 38.0 Å². The fourth-order valence-electron chi connectivity index (χ4n) is 3.12. The van der Waals surface area contributed by atoms with Crippen LogP contribution in [0.25, 0.3) is 0 Å². The van der Waals surface area contributed by atoms with E-state index in [0.29, 0.717) is 18.8 Å². The van der Waals surface area contributed by atoms with Crippen molar-refractivity contribution >= 4 is 42.1 Å². The lowest BCUT2D eigenvalue weighted by molar-refractivity contribution is 0.0933. The lowest BCUT2D eigenvalue weighted by Crippen LogP contribution is -2.36. The van der Waals surface area contributed by atoms with E-state index < -0.39 is 0 Å². The Balaban J connectivity index is 0.00000169. The zero-order chi connectivity index (χ0) is 16.8. The Morgan fingerprint density at radius 2 is 1.92 bits per heavy atom. The van der Waals surface area contributed by atoms with Gasteiger partial charge in [0.05, 0.1) is 11.0 Å². The first-order valence-electron chi connectivity index (χ1n) is 8.49. The molecule has 26 heavy (non-hydrogen) atoms. The van der Waals surface area contributed by atoms with Crippen molar-refractivity contribution in [2.24, 2.45) is 5.73 Å². The van der Waals surface area contributed by atoms with Gasteiger partial charge in [0.1, 0.15) is 5.69 Å². The van der Waals surface area contributed by atoms with E-state index in [-0.39, 0.29) is 36.8 Å². The second-order valence-electron chi connectivity index (χ2n) is 6.04. The molecular formula is C18H26Cl2N4OS. The Labute approximate surface area is 171 Å². The number of nitrogens with one attached hydrogen (secondary N) is 1. The molecule has 1 aliphatic heterocycles. The molecule has 2 aromatic rings. The van der Waals surface area contributed by atoms with Crippen LogP contribution in [0.3, 0.4) is 0 Å². The molecule has 0 spiro atoms. The zero-order valence-electron chi connectivity index (χ0n) is 14.6. The van der Waals surface area contributed by atoms with Crippen molar-refractivity contribution < 1.29 is 4.79 Å². The summed E-state index contributed by atoms with van der Waals surface area (Å²) in [7, 11) is 0. The zero-order valence-corrected chi connectivity index (χ0v) is 17.0. The van der Waals surface area contributed by atoms with Gasteiger partial charge in [-0.15, -0.1) is 36.2 Å². The molecule has 1 saturated heterocycles. The van der Waals surface area contributed by atoms with E-state index in [2.05, 4.69) is 39.5 Å². The number of benzene rings is 1. The van der Waals surface area contributed by atoms with Crippen LogP contribution in [0.15, 0.2) is 35.7 Å². The van der Waals surface area contributed by atoms with Gasteiger partial charge in [-0.2, -0.15) is 0 Å². The number of hydrogen-bond donors (Lipinski definition) is 2. The van der Waals surface area contributed by atoms with E-state index in [0.717, 1.165) is 24.5 Å². The highest BCUT2D eigenvalue weighted by molar-refractivity contribution is 7.09. The van der Waals surface area contributed by atoms with Crippen LogP contribution in [-0.4, -0.2) is 42.0 Å². The van der Waals surface area contributed by atoms with Gasteiger partial charge in [-0.1, -0.05) is 30.3 Å². The smallest absolute Gasteiger partial charge is 0.270 e. The molecule has 1 aromatic carbocycles. The molecule has 0 saturated carbocycles. The number of nitrogens with two attached hydrogens (primary N) is 1. The third kappa shape index (κ3) is 5.93. The molecule has 0 bridgehead atoms. The molecule has 144 valence electrons. The van der Waals surface area contributed by atoms with E-state index in [1.54, 1.807) is 0 Å². The van der Waals surface area contributed by atoms with Gasteiger partial charge in [0.25, 0.3) is 5.91 Å². The standard InChI is InChI=1S/C18H24N4OS.2ClH/c19-9-8-17-21-15(13-24-17)18(23)20-12-16(22-10-4-5-11-22)14-6-2-1-3-7-14;;/h1-3,6-7,13,16H,4-5,8-12,19H2,(H,20,23);2*1H. The minimum Gasteiger partial charge on any atom is -0.349 e. The number of carbonyl (C=O) groups excluding carboxylic acids is 1. The maximum absolute atomic E-state index is 12.4. The van der Waals surface area contributed by atoms with Crippen LogP contribution in [0, 0.1) is 0 Å². The van der Waals surface area contributed by atoms with Crippen molar-refractivity contribution in [2.75, 3.05) is 26.2 Å². The van der Waals surface area contributed by atoms with Crippen LogP contribution in [0.1, 0.15) is 39.9 Å². The molecule has 2 heterocycles. The molecule has 1 aliphatic rings. The molecule has 1 unspecified atom stereocenters. The fourth-order valence-corrected chi connectivity index (χ4v) is 3.91. The van der Waals surface area contributed by atoms with E-state index >= 15 is 0 Å². The van der Waals surface area contributed by atoms with Crippen molar-refractivity contribution in [3.63, 3.8) is 0 Å². The van der Waals surface area contributed by atoms with E-state index in [1.807, 2.05) is 11.4 Å². The molecular weight excluding hydrogens is 391 g/mol. The maximum atomic E-state index is 12.4. The summed E-state index contributed by atoms with van der Waals surface area (Å²) in [6.45, 7) is 3.34. The minimum atomic E-state index is -0.102. The number of aromatic nitrogens is 1. The van der Waals surface area contributed by atoms with Gasteiger partial charge < -0.3 is 11.1 Å². The molecule has 5 nitrogen and oxygen atoms in total. The predicted molar refractivity (Wildman–Crippen MR) is 112 cm³/mol. The first-order valence-corrected chi connectivity index (χ1v) is 9.37. The molecule has 8 heteroatoms. The summed E-state index contributed by atoms with van der Waals surface area (Å²) in [6.07, 6.45) is 3.18. The van der Waals surface area contributed by atoms with Crippen LogP contribution < -0.4 is 11.1 Å². The quantitative estimate of drug-likeness (QED) is 0.727. The fraction of sp³-hybridized carbons (Fsp3) is 0.444. The number of thiazole rings is 1. The van der Waals surface area contributed by atoms with Crippen molar-refractivity contribution in [2.45, 2.75) is 25.3 Å². The Morgan fingerprint density at radius 1 is 1.23 bits per heavy atom. The lowest BCUT2D eigenvalue weighted by Gasteiger charge is -2.28. The number of carbonyl (C=O) groups is 1. The van der Waals surface area contributed by atoms with Crippen molar-refractivity contribution in [1.29, 1.82) is 0 Å². The third-order valence-electron chi connectivity index (χ3n) is 4.36. The molecule has 1 amide bonds. The van der Waals surface area contributed by atoms with Gasteiger partial charge in [-0.3, -0.25) is 9.69 Å². The van der Waals surface area contributed by atoms with Crippen LogP contribution in [-0.2, 0) is 6.42 Å². The van der Waals surface area contributed by atoms with Crippen LogP contribution in [0.5, 0.6) is 0 Å². The summed E-state index contributed by atoms with van der Waals surface area (Å²) < 4.78 is 0. The Morgan fingerprint density at radius 3 is 2.58 bits per heavy atom. The first-order chi connectivity index (χ1) is 11.8. The van der Waals surface area contributed by atoms with Gasteiger partial charge in [0.15, 0.2) is 0 Å². The molecule has 1 aromatic heterocycles. The summed E-state index contributed by atoms with van der Waals surface area (Å²) in [5, 5.41) is 5.79. The number of nitrogens with zero attached hydrogens (tertiary/aromatic N) is 2. The summed E-state index contributed by atoms with van der Waals surface area (Å²) in [5.41, 5.74) is 7.29. The average molecular weight is 417 g/mol. The molecule has 0 radical (unpaired) electrons. The number of likely N-dealkylation sites (tertiary alicyclic amines) is 1. The second kappa shape index (κ2) is 11.5. The number of rotatable bonds is 7. The first kappa shape index (κ1) is 22.9. The third-order valence-corrected chi connectivity index (χ3v) is 5.27. The summed E-state index contributed by atoms with van der Waals surface area (Å²) in [5.74, 6) is -0.102. The Kier molecular flexibility index (Phi) is 10.1. The monoisotopic (exact) mass is 416 g/mol. The topological polar surface area (TPSA) is 71.2 Å². The maximum Gasteiger partial charge on any atom is 0.270 e. The van der Waals surface area contributed by atoms with Gasteiger partial charge >= 0.3 is 0 Å². The summed E-state index contributed by atoms with van der Waals surface area (Å²) in [4.78, 5) is 19.2. The highest BCUT2D eigenvalue weighted by Gasteiger charge is 2.24. The SMILES string of the molecule is Cl.Cl.NCCc1nc(C(=O)NCC(c2ccccc2)N2CCCC2)cs1. The largest absolute Gasteiger partial charge is 0.349 e. The van der Waals surface area contributed by atoms with Gasteiger partial charge in [0.2, 0.25) is 0 Å². The van der Waals surface area contributed by atoms with Crippen molar-refractivity contribution in [1.82, 2.24) is 15.2 Å². The van der Waals surface area contributed by atoms with Crippen LogP contribution >= 0.6 is 36.2 Å². The van der Waals surface area contributed by atoms with Crippen LogP contribution in [0.2, 0.25) is 0 Å². The lowest BCUT2D eigenvalue weighted by atomic mass is 10.1. The minimum absolute atomic E-state index is 0. The van der Waals surface area contributed by atoms with E-state index in [9.17, 15) is 4.79 Å². The summed E-state index contributed by atoms with van der Waals surface area (Å²) in [6, 6.07) is 10.6. The van der Waals surface area contributed by atoms with Gasteiger partial charge in [0, 0.05) is 18.3 Å². The normalized spacial score (nSPS) is 15.0.